The summed E-state index contributed by atoms with van der Waals surface area (Å²) in [6.07, 6.45) is -0.430. The van der Waals surface area contributed by atoms with E-state index in [-0.39, 0.29) is 6.10 Å². The molecule has 12 heavy (non-hydrogen) atoms. The molecular weight excluding hydrogens is 162 g/mol. The average molecular weight is 177 g/mol. The zero-order valence-corrected chi connectivity index (χ0v) is 7.37. The van der Waals surface area contributed by atoms with Crippen LogP contribution >= 0.6 is 0 Å². The van der Waals surface area contributed by atoms with Crippen LogP contribution in [0.4, 0.5) is 4.79 Å². The van der Waals surface area contributed by atoms with Crippen LogP contribution in [0.3, 0.4) is 0 Å². The number of carbonyl (C=O) groups is 1. The largest absolute Gasteiger partial charge is 0.465 e. The van der Waals surface area contributed by atoms with Crippen molar-refractivity contribution in [2.75, 3.05) is 27.4 Å². The van der Waals surface area contributed by atoms with Gasteiger partial charge in [-0.05, 0) is 6.42 Å². The van der Waals surface area contributed by atoms with E-state index in [0.29, 0.717) is 19.6 Å². The maximum Gasteiger partial charge on any atom is 0.404 e. The highest BCUT2D eigenvalue weighted by Gasteiger charge is 2.06. The summed E-state index contributed by atoms with van der Waals surface area (Å²) in [4.78, 5) is 10.0. The minimum atomic E-state index is -1.01. The zero-order valence-electron chi connectivity index (χ0n) is 7.37. The van der Waals surface area contributed by atoms with Gasteiger partial charge in [-0.2, -0.15) is 0 Å². The molecule has 0 fully saturated rings. The van der Waals surface area contributed by atoms with Crippen molar-refractivity contribution in [2.45, 2.75) is 12.5 Å². The second-order valence-corrected chi connectivity index (χ2v) is 2.33. The molecule has 0 aromatic heterocycles. The number of rotatable bonds is 6. The summed E-state index contributed by atoms with van der Waals surface area (Å²) in [6, 6.07) is 0. The molecule has 0 spiro atoms. The predicted octanol–water partition coefficient (Wildman–Crippen LogP) is 0.306. The lowest BCUT2D eigenvalue weighted by Crippen LogP contribution is -2.28. The molecule has 0 unspecified atom stereocenters. The third-order valence-electron chi connectivity index (χ3n) is 1.43. The predicted molar refractivity (Wildman–Crippen MR) is 43.3 cm³/mol. The summed E-state index contributed by atoms with van der Waals surface area (Å²) >= 11 is 0. The second-order valence-electron chi connectivity index (χ2n) is 2.33. The van der Waals surface area contributed by atoms with Gasteiger partial charge in [-0.3, -0.25) is 0 Å². The van der Waals surface area contributed by atoms with Crippen LogP contribution in [-0.2, 0) is 9.47 Å². The summed E-state index contributed by atoms with van der Waals surface area (Å²) in [5.41, 5.74) is 0. The van der Waals surface area contributed by atoms with Crippen LogP contribution in [0, 0.1) is 0 Å². The van der Waals surface area contributed by atoms with E-state index in [0.717, 1.165) is 0 Å². The molecule has 0 aromatic rings. The van der Waals surface area contributed by atoms with Gasteiger partial charge in [-0.1, -0.05) is 0 Å². The molecule has 0 aliphatic heterocycles. The van der Waals surface area contributed by atoms with Gasteiger partial charge in [0.05, 0.1) is 12.7 Å². The maximum atomic E-state index is 10.0. The van der Waals surface area contributed by atoms with E-state index in [1.807, 2.05) is 0 Å². The van der Waals surface area contributed by atoms with Crippen LogP contribution in [0.1, 0.15) is 6.42 Å². The molecule has 5 heteroatoms. The lowest BCUT2D eigenvalue weighted by Gasteiger charge is -2.13. The minimum Gasteiger partial charge on any atom is -0.465 e. The van der Waals surface area contributed by atoms with E-state index in [1.165, 1.54) is 0 Å². The van der Waals surface area contributed by atoms with Crippen molar-refractivity contribution in [1.29, 1.82) is 0 Å². The molecule has 0 radical (unpaired) electrons. The van der Waals surface area contributed by atoms with Gasteiger partial charge in [0.2, 0.25) is 0 Å². The van der Waals surface area contributed by atoms with Crippen molar-refractivity contribution in [3.63, 3.8) is 0 Å². The van der Waals surface area contributed by atoms with Crippen molar-refractivity contribution in [3.8, 4) is 0 Å². The Balaban J connectivity index is 3.37. The Labute approximate surface area is 71.7 Å². The second kappa shape index (κ2) is 6.87. The van der Waals surface area contributed by atoms with Crippen molar-refractivity contribution in [1.82, 2.24) is 5.32 Å². The number of hydrogen-bond donors (Lipinski definition) is 2. The Bertz CT molecular complexity index is 129. The van der Waals surface area contributed by atoms with Crippen LogP contribution in [-0.4, -0.2) is 44.7 Å². The number of carboxylic acid groups (broad SMARTS) is 1. The molecule has 0 saturated heterocycles. The Morgan fingerprint density at radius 3 is 2.67 bits per heavy atom. The van der Waals surface area contributed by atoms with Crippen LogP contribution in [0.15, 0.2) is 0 Å². The van der Waals surface area contributed by atoms with Gasteiger partial charge >= 0.3 is 6.09 Å². The van der Waals surface area contributed by atoms with E-state index in [4.69, 9.17) is 14.6 Å². The lowest BCUT2D eigenvalue weighted by molar-refractivity contribution is 0.0239. The number of ether oxygens (including phenoxy) is 2. The molecule has 1 atom stereocenters. The first-order chi connectivity index (χ1) is 5.70. The molecule has 0 rings (SSSR count). The Kier molecular flexibility index (Phi) is 6.41. The summed E-state index contributed by atoms with van der Waals surface area (Å²) in [5.74, 6) is 0. The molecule has 0 aromatic carbocycles. The topological polar surface area (TPSA) is 67.8 Å². The molecule has 72 valence electrons. The van der Waals surface area contributed by atoms with E-state index in [2.05, 4.69) is 5.32 Å². The van der Waals surface area contributed by atoms with Gasteiger partial charge in [0.15, 0.2) is 0 Å². The average Bonchev–Trinajstić information content (AvgIpc) is 2.02. The smallest absolute Gasteiger partial charge is 0.404 e. The number of methoxy groups -OCH3 is 2. The first kappa shape index (κ1) is 11.2. The highest BCUT2D eigenvalue weighted by Crippen LogP contribution is 1.95. The SMILES string of the molecule is COC[C@@H](CCNC(=O)O)OC. The molecule has 0 heterocycles. The first-order valence-electron chi connectivity index (χ1n) is 3.69. The van der Waals surface area contributed by atoms with Crippen molar-refractivity contribution in [3.05, 3.63) is 0 Å². The van der Waals surface area contributed by atoms with E-state index in [9.17, 15) is 4.79 Å². The summed E-state index contributed by atoms with van der Waals surface area (Å²) in [7, 11) is 3.15. The maximum absolute atomic E-state index is 10.0. The van der Waals surface area contributed by atoms with Crippen LogP contribution in [0.5, 0.6) is 0 Å². The normalized spacial score (nSPS) is 12.5. The van der Waals surface area contributed by atoms with Gasteiger partial charge in [0.25, 0.3) is 0 Å². The third kappa shape index (κ3) is 5.94. The highest BCUT2D eigenvalue weighted by atomic mass is 16.5. The molecule has 0 saturated carbocycles. The fourth-order valence-corrected chi connectivity index (χ4v) is 0.795. The minimum absolute atomic E-state index is 0.0400. The van der Waals surface area contributed by atoms with Gasteiger partial charge in [-0.15, -0.1) is 0 Å². The first-order valence-corrected chi connectivity index (χ1v) is 3.69. The Hall–Kier alpha value is -0.810. The third-order valence-corrected chi connectivity index (χ3v) is 1.43. The molecule has 5 nitrogen and oxygen atoms in total. The molecular formula is C7H15NO4. The van der Waals surface area contributed by atoms with Gasteiger partial charge in [0, 0.05) is 20.8 Å². The molecule has 0 aliphatic carbocycles. The molecule has 0 aliphatic rings. The Morgan fingerprint density at radius 2 is 2.25 bits per heavy atom. The number of nitrogens with one attached hydrogen (secondary N) is 1. The van der Waals surface area contributed by atoms with Crippen molar-refractivity contribution >= 4 is 6.09 Å². The lowest BCUT2D eigenvalue weighted by atomic mass is 10.2. The summed E-state index contributed by atoms with van der Waals surface area (Å²) < 4.78 is 9.87. The van der Waals surface area contributed by atoms with Gasteiger partial charge < -0.3 is 19.9 Å². The zero-order chi connectivity index (χ0) is 9.40. The quantitative estimate of drug-likeness (QED) is 0.612. The molecule has 0 bridgehead atoms. The van der Waals surface area contributed by atoms with E-state index >= 15 is 0 Å². The fourth-order valence-electron chi connectivity index (χ4n) is 0.795. The van der Waals surface area contributed by atoms with Crippen LogP contribution in [0.2, 0.25) is 0 Å². The van der Waals surface area contributed by atoms with Crippen molar-refractivity contribution in [2.24, 2.45) is 0 Å². The summed E-state index contributed by atoms with van der Waals surface area (Å²) in [5, 5.41) is 10.5. The Morgan fingerprint density at radius 1 is 1.58 bits per heavy atom. The van der Waals surface area contributed by atoms with Crippen LogP contribution < -0.4 is 5.32 Å². The van der Waals surface area contributed by atoms with Gasteiger partial charge in [-0.25, -0.2) is 4.79 Å². The van der Waals surface area contributed by atoms with Gasteiger partial charge in [0.1, 0.15) is 0 Å². The van der Waals surface area contributed by atoms with Crippen LogP contribution in [0.25, 0.3) is 0 Å². The fraction of sp³-hybridized carbons (Fsp3) is 0.857. The highest BCUT2D eigenvalue weighted by molar-refractivity contribution is 5.64. The van der Waals surface area contributed by atoms with E-state index < -0.39 is 6.09 Å². The standard InChI is InChI=1S/C7H15NO4/c1-11-5-6(12-2)3-4-8-7(9)10/h6,8H,3-5H2,1-2H3,(H,9,10)/t6-/m1/s1. The van der Waals surface area contributed by atoms with E-state index in [1.54, 1.807) is 14.2 Å². The molecule has 1 amide bonds. The number of amides is 1. The summed E-state index contributed by atoms with van der Waals surface area (Å²) in [6.45, 7) is 0.870. The number of hydrogen-bond acceptors (Lipinski definition) is 3. The molecule has 2 N–H and O–H groups in total. The monoisotopic (exact) mass is 177 g/mol. The van der Waals surface area contributed by atoms with Crippen molar-refractivity contribution < 1.29 is 19.4 Å².